The lowest BCUT2D eigenvalue weighted by molar-refractivity contribution is 0.0962. The Kier molecular flexibility index (Phi) is 1.94. The van der Waals surface area contributed by atoms with Crippen molar-refractivity contribution in [2.24, 2.45) is 0 Å². The average molecular weight is 136 g/mol. The zero-order valence-corrected chi connectivity index (χ0v) is 5.46. The maximum atomic E-state index is 10.8. The van der Waals surface area contributed by atoms with Gasteiger partial charge in [-0.05, 0) is 6.07 Å². The second-order valence-corrected chi connectivity index (χ2v) is 1.64. The summed E-state index contributed by atoms with van der Waals surface area (Å²) in [6.45, 7) is 0. The number of hydrogen-bond donors (Lipinski definition) is 1. The van der Waals surface area contributed by atoms with Crippen molar-refractivity contribution in [1.82, 2.24) is 15.5 Å². The first kappa shape index (κ1) is 6.67. The number of rotatable bonds is 1. The van der Waals surface area contributed by atoms with Crippen molar-refractivity contribution in [2.45, 2.75) is 0 Å². The summed E-state index contributed by atoms with van der Waals surface area (Å²) in [5.74, 6) is -0.199. The predicted molar refractivity (Wildman–Crippen MR) is 34.3 cm³/mol. The summed E-state index contributed by atoms with van der Waals surface area (Å²) in [4.78, 5) is 10.8. The first-order valence-corrected chi connectivity index (χ1v) is 2.76. The summed E-state index contributed by atoms with van der Waals surface area (Å²) in [5.41, 5.74) is 0.400. The lowest BCUT2D eigenvalue weighted by atomic mass is 10.3. The normalized spacial score (nSPS) is 8.90. The molecule has 0 bridgehead atoms. The average Bonchev–Trinajstić information content (AvgIpc) is 2.05. The number of amides is 1. The van der Waals surface area contributed by atoms with Gasteiger partial charge in [0.1, 0.15) is 6.20 Å². The van der Waals surface area contributed by atoms with E-state index in [1.54, 1.807) is 13.1 Å². The van der Waals surface area contributed by atoms with Crippen molar-refractivity contribution >= 4 is 5.91 Å². The molecule has 1 radical (unpaired) electrons. The topological polar surface area (TPSA) is 54.9 Å². The maximum Gasteiger partial charge on any atom is 0.253 e. The van der Waals surface area contributed by atoms with Gasteiger partial charge in [0.05, 0.1) is 11.8 Å². The standard InChI is InChI=1S/C6H6N3O/c1-7-6(10)5-2-3-8-9-4-5/h2-3H,1H3,(H,7,10). The van der Waals surface area contributed by atoms with Crippen LogP contribution in [-0.2, 0) is 0 Å². The van der Waals surface area contributed by atoms with Crippen LogP contribution in [0.1, 0.15) is 10.4 Å². The van der Waals surface area contributed by atoms with Gasteiger partial charge in [-0.25, -0.2) is 0 Å². The van der Waals surface area contributed by atoms with E-state index in [0.29, 0.717) is 5.56 Å². The molecule has 4 heteroatoms. The molecule has 51 valence electrons. The smallest absolute Gasteiger partial charge is 0.253 e. The highest BCUT2D eigenvalue weighted by molar-refractivity contribution is 5.93. The van der Waals surface area contributed by atoms with Crippen LogP contribution in [0.2, 0.25) is 0 Å². The Morgan fingerprint density at radius 3 is 3.10 bits per heavy atom. The molecule has 1 aromatic rings. The van der Waals surface area contributed by atoms with Crippen LogP contribution < -0.4 is 5.32 Å². The molecule has 0 aliphatic rings. The first-order chi connectivity index (χ1) is 4.84. The number of carbonyl (C=O) groups is 1. The molecule has 0 saturated carbocycles. The van der Waals surface area contributed by atoms with Gasteiger partial charge in [0.15, 0.2) is 0 Å². The molecule has 0 unspecified atom stereocenters. The number of aromatic nitrogens is 2. The molecular formula is C6H6N3O. The molecule has 0 spiro atoms. The van der Waals surface area contributed by atoms with Gasteiger partial charge in [-0.2, -0.15) is 5.10 Å². The minimum Gasteiger partial charge on any atom is -0.355 e. The monoisotopic (exact) mass is 136 g/mol. The zero-order chi connectivity index (χ0) is 7.40. The van der Waals surface area contributed by atoms with Crippen LogP contribution in [0.5, 0.6) is 0 Å². The van der Waals surface area contributed by atoms with Gasteiger partial charge < -0.3 is 5.32 Å². The molecule has 0 saturated heterocycles. The van der Waals surface area contributed by atoms with Crippen molar-refractivity contribution < 1.29 is 4.79 Å². The summed E-state index contributed by atoms with van der Waals surface area (Å²) in [5, 5.41) is 9.34. The number of hydrogen-bond acceptors (Lipinski definition) is 3. The van der Waals surface area contributed by atoms with Crippen molar-refractivity contribution in [1.29, 1.82) is 0 Å². The van der Waals surface area contributed by atoms with Gasteiger partial charge in [0.25, 0.3) is 5.91 Å². The van der Waals surface area contributed by atoms with E-state index in [4.69, 9.17) is 0 Å². The minimum absolute atomic E-state index is 0.199. The van der Waals surface area contributed by atoms with Crippen molar-refractivity contribution in [3.05, 3.63) is 24.0 Å². The van der Waals surface area contributed by atoms with E-state index in [1.807, 2.05) is 0 Å². The molecule has 4 nitrogen and oxygen atoms in total. The highest BCUT2D eigenvalue weighted by Crippen LogP contribution is 1.90. The van der Waals surface area contributed by atoms with Crippen molar-refractivity contribution in [3.8, 4) is 0 Å². The van der Waals surface area contributed by atoms with Crippen LogP contribution in [0.4, 0.5) is 0 Å². The van der Waals surface area contributed by atoms with Gasteiger partial charge in [-0.15, -0.1) is 5.10 Å². The van der Waals surface area contributed by atoms with Crippen LogP contribution in [0.25, 0.3) is 0 Å². The quantitative estimate of drug-likeness (QED) is 0.573. The molecule has 1 amide bonds. The third-order valence-electron chi connectivity index (χ3n) is 1.01. The fourth-order valence-electron chi connectivity index (χ4n) is 0.522. The molecule has 0 atom stereocenters. The Balaban J connectivity index is 2.85. The van der Waals surface area contributed by atoms with E-state index < -0.39 is 0 Å². The Morgan fingerprint density at radius 2 is 2.60 bits per heavy atom. The molecule has 10 heavy (non-hydrogen) atoms. The third kappa shape index (κ3) is 1.28. The molecule has 0 aliphatic carbocycles. The highest BCUT2D eigenvalue weighted by Gasteiger charge is 2.00. The van der Waals surface area contributed by atoms with Gasteiger partial charge in [0, 0.05) is 7.05 Å². The van der Waals surface area contributed by atoms with E-state index in [0.717, 1.165) is 0 Å². The molecule has 1 rings (SSSR count). The van der Waals surface area contributed by atoms with Crippen LogP contribution in [0, 0.1) is 6.20 Å². The van der Waals surface area contributed by atoms with Crippen LogP contribution in [0.15, 0.2) is 12.3 Å². The van der Waals surface area contributed by atoms with Gasteiger partial charge in [-0.1, -0.05) is 0 Å². The molecule has 0 fully saturated rings. The third-order valence-corrected chi connectivity index (χ3v) is 1.01. The van der Waals surface area contributed by atoms with E-state index in [1.165, 1.54) is 6.20 Å². The lowest BCUT2D eigenvalue weighted by Gasteiger charge is -1.93. The maximum absolute atomic E-state index is 10.8. The van der Waals surface area contributed by atoms with E-state index in [9.17, 15) is 4.79 Å². The van der Waals surface area contributed by atoms with Crippen LogP contribution in [0.3, 0.4) is 0 Å². The van der Waals surface area contributed by atoms with Gasteiger partial charge >= 0.3 is 0 Å². The molecule has 0 aliphatic heterocycles. The fourth-order valence-corrected chi connectivity index (χ4v) is 0.522. The number of nitrogens with zero attached hydrogens (tertiary/aromatic N) is 2. The molecule has 1 N–H and O–H groups in total. The highest BCUT2D eigenvalue weighted by atomic mass is 16.1. The van der Waals surface area contributed by atoms with Crippen molar-refractivity contribution in [3.63, 3.8) is 0 Å². The Bertz CT molecular complexity index is 222. The largest absolute Gasteiger partial charge is 0.355 e. The van der Waals surface area contributed by atoms with E-state index in [-0.39, 0.29) is 5.91 Å². The Hall–Kier alpha value is -1.45. The summed E-state index contributed by atoms with van der Waals surface area (Å²) < 4.78 is 0. The van der Waals surface area contributed by atoms with E-state index >= 15 is 0 Å². The SMILES string of the molecule is CNC(=O)c1[c]nncc1. The van der Waals surface area contributed by atoms with Gasteiger partial charge in [0.2, 0.25) is 0 Å². The van der Waals surface area contributed by atoms with Crippen LogP contribution >= 0.6 is 0 Å². The lowest BCUT2D eigenvalue weighted by Crippen LogP contribution is -2.18. The van der Waals surface area contributed by atoms with Crippen LogP contribution in [-0.4, -0.2) is 23.2 Å². The van der Waals surface area contributed by atoms with Gasteiger partial charge in [-0.3, -0.25) is 4.79 Å². The predicted octanol–water partition coefficient (Wildman–Crippen LogP) is -0.364. The Labute approximate surface area is 58.3 Å². The molecular weight excluding hydrogens is 130 g/mol. The number of carbonyl (C=O) groups excluding carboxylic acids is 1. The second-order valence-electron chi connectivity index (χ2n) is 1.64. The second kappa shape index (κ2) is 2.91. The molecule has 0 aromatic carbocycles. The fraction of sp³-hybridized carbons (Fsp3) is 0.167. The van der Waals surface area contributed by atoms with Crippen molar-refractivity contribution in [2.75, 3.05) is 7.05 Å². The first-order valence-electron chi connectivity index (χ1n) is 2.76. The summed E-state index contributed by atoms with van der Waals surface area (Å²) >= 11 is 0. The minimum atomic E-state index is -0.199. The Morgan fingerprint density at radius 1 is 1.80 bits per heavy atom. The summed E-state index contributed by atoms with van der Waals surface area (Å²) in [6.07, 6.45) is 3.89. The molecule has 1 aromatic heterocycles. The number of nitrogens with one attached hydrogen (secondary N) is 1. The summed E-state index contributed by atoms with van der Waals surface area (Å²) in [7, 11) is 1.55. The summed E-state index contributed by atoms with van der Waals surface area (Å²) in [6, 6.07) is 1.55. The van der Waals surface area contributed by atoms with E-state index in [2.05, 4.69) is 21.7 Å². The molecule has 1 heterocycles. The zero-order valence-electron chi connectivity index (χ0n) is 5.46.